The number of esters is 1. The van der Waals surface area contributed by atoms with Crippen molar-refractivity contribution in [2.75, 3.05) is 6.61 Å². The first-order chi connectivity index (χ1) is 11.6. The highest BCUT2D eigenvalue weighted by atomic mass is 16.5. The number of nitrogens with zero attached hydrogens (tertiary/aromatic N) is 1. The number of Topliss-reactive ketones (excluding diaryl/α,β-unsaturated/α-hetero) is 1. The number of aryl methyl sites for hydroxylation is 3. The number of hydrogen-bond acceptors (Lipinski definition) is 5. The van der Waals surface area contributed by atoms with Crippen molar-refractivity contribution in [1.29, 1.82) is 0 Å². The molecule has 0 radical (unpaired) electrons. The average molecular weight is 345 g/mol. The Bertz CT molecular complexity index is 860. The van der Waals surface area contributed by atoms with Crippen LogP contribution in [-0.2, 0) is 4.74 Å². The van der Waals surface area contributed by atoms with Gasteiger partial charge in [-0.2, -0.15) is 0 Å². The van der Waals surface area contributed by atoms with Crippen molar-refractivity contribution in [3.8, 4) is 0 Å². The third kappa shape index (κ3) is 3.73. The van der Waals surface area contributed by atoms with Crippen LogP contribution in [0.3, 0.4) is 0 Å². The second-order valence-electron chi connectivity index (χ2n) is 6.43. The van der Waals surface area contributed by atoms with E-state index in [4.69, 9.17) is 9.15 Å². The van der Waals surface area contributed by atoms with Gasteiger partial charge in [-0.05, 0) is 53.2 Å². The van der Waals surface area contributed by atoms with Crippen molar-refractivity contribution in [2.24, 2.45) is 0 Å². The maximum atomic E-state index is 12.4. The summed E-state index contributed by atoms with van der Waals surface area (Å²) in [5.41, 5.74) is 2.50. The van der Waals surface area contributed by atoms with Crippen LogP contribution in [0.4, 0.5) is 0 Å². The molecule has 2 heterocycles. The molecule has 0 aromatic carbocycles. The van der Waals surface area contributed by atoms with Gasteiger partial charge in [-0.3, -0.25) is 4.79 Å². The fourth-order valence-corrected chi connectivity index (χ4v) is 3.20. The summed E-state index contributed by atoms with van der Waals surface area (Å²) in [5.74, 6) is -0.758. The molecule has 6 nitrogen and oxygen atoms in total. The van der Waals surface area contributed by atoms with Crippen LogP contribution in [0.1, 0.15) is 63.3 Å². The van der Waals surface area contributed by atoms with Gasteiger partial charge in [0.2, 0.25) is 5.78 Å². The van der Waals surface area contributed by atoms with Gasteiger partial charge in [0.15, 0.2) is 6.61 Å². The van der Waals surface area contributed by atoms with E-state index < -0.39 is 11.6 Å². The molecule has 0 aliphatic carbocycles. The highest BCUT2D eigenvalue weighted by molar-refractivity contribution is 6.00. The Morgan fingerprint density at radius 3 is 2.32 bits per heavy atom. The number of ether oxygens (including phenoxy) is 1. The second-order valence-corrected chi connectivity index (χ2v) is 6.43. The third-order valence-corrected chi connectivity index (χ3v) is 4.17. The summed E-state index contributed by atoms with van der Waals surface area (Å²) in [6.07, 6.45) is 0. The Labute approximate surface area is 146 Å². The van der Waals surface area contributed by atoms with Gasteiger partial charge in [-0.15, -0.1) is 0 Å². The lowest BCUT2D eigenvalue weighted by Crippen LogP contribution is -2.18. The van der Waals surface area contributed by atoms with Gasteiger partial charge < -0.3 is 13.7 Å². The molecule has 0 saturated heterocycles. The fraction of sp³-hybridized carbons (Fsp3) is 0.421. The number of carbonyl (C=O) groups excluding carboxylic acids is 2. The standard InChI is InChI=1S/C19H23NO5/c1-10(2)20-12(4)8-15(13(20)5)16(21)9-24-19(23)18-11(3)7-17(22)25-14(18)6/h7-8,10H,9H2,1-6H3. The number of rotatable bonds is 5. The van der Waals surface area contributed by atoms with Gasteiger partial charge in [-0.25, -0.2) is 9.59 Å². The van der Waals surface area contributed by atoms with E-state index >= 15 is 0 Å². The highest BCUT2D eigenvalue weighted by Gasteiger charge is 2.21. The lowest BCUT2D eigenvalue weighted by atomic mass is 10.1. The SMILES string of the molecule is Cc1cc(=O)oc(C)c1C(=O)OCC(=O)c1cc(C)n(C(C)C)c1C. The van der Waals surface area contributed by atoms with E-state index in [1.54, 1.807) is 6.92 Å². The van der Waals surface area contributed by atoms with Crippen LogP contribution >= 0.6 is 0 Å². The van der Waals surface area contributed by atoms with E-state index in [1.165, 1.54) is 13.0 Å². The van der Waals surface area contributed by atoms with Crippen molar-refractivity contribution < 1.29 is 18.7 Å². The number of ketones is 1. The largest absolute Gasteiger partial charge is 0.454 e. The minimum Gasteiger partial charge on any atom is -0.454 e. The van der Waals surface area contributed by atoms with Crippen molar-refractivity contribution in [2.45, 2.75) is 47.6 Å². The molecule has 2 aromatic heterocycles. The van der Waals surface area contributed by atoms with Crippen LogP contribution in [0.15, 0.2) is 21.3 Å². The molecular weight excluding hydrogens is 322 g/mol. The molecule has 0 amide bonds. The lowest BCUT2D eigenvalue weighted by molar-refractivity contribution is 0.0469. The summed E-state index contributed by atoms with van der Waals surface area (Å²) in [5, 5.41) is 0. The number of carbonyl (C=O) groups is 2. The van der Waals surface area contributed by atoms with Gasteiger partial charge >= 0.3 is 11.6 Å². The summed E-state index contributed by atoms with van der Waals surface area (Å²) in [7, 11) is 0. The molecule has 2 rings (SSSR count). The zero-order valence-corrected chi connectivity index (χ0v) is 15.4. The molecule has 0 spiro atoms. The van der Waals surface area contributed by atoms with Gasteiger partial charge in [0.25, 0.3) is 0 Å². The van der Waals surface area contributed by atoms with Gasteiger partial charge in [0.05, 0.1) is 0 Å². The smallest absolute Gasteiger partial charge is 0.342 e. The Balaban J connectivity index is 2.17. The Hall–Kier alpha value is -2.63. The van der Waals surface area contributed by atoms with E-state index in [0.29, 0.717) is 11.1 Å². The first-order valence-electron chi connectivity index (χ1n) is 8.13. The quantitative estimate of drug-likeness (QED) is 0.614. The van der Waals surface area contributed by atoms with Crippen molar-refractivity contribution in [3.63, 3.8) is 0 Å². The van der Waals surface area contributed by atoms with Gasteiger partial charge in [0, 0.05) is 29.1 Å². The monoisotopic (exact) mass is 345 g/mol. The van der Waals surface area contributed by atoms with Crippen LogP contribution < -0.4 is 5.63 Å². The maximum Gasteiger partial charge on any atom is 0.342 e. The molecular formula is C19H23NO5. The zero-order chi connectivity index (χ0) is 18.9. The maximum absolute atomic E-state index is 12.4. The summed E-state index contributed by atoms with van der Waals surface area (Å²) < 4.78 is 12.1. The molecule has 2 aromatic rings. The average Bonchev–Trinajstić information content (AvgIpc) is 2.78. The summed E-state index contributed by atoms with van der Waals surface area (Å²) >= 11 is 0. The summed E-state index contributed by atoms with van der Waals surface area (Å²) in [6, 6.07) is 3.27. The van der Waals surface area contributed by atoms with Crippen LogP contribution in [0, 0.1) is 27.7 Å². The molecule has 0 atom stereocenters. The van der Waals surface area contributed by atoms with Gasteiger partial charge in [0.1, 0.15) is 11.3 Å². The minimum atomic E-state index is -0.676. The topological polar surface area (TPSA) is 78.5 Å². The van der Waals surface area contributed by atoms with Crippen LogP contribution in [0.25, 0.3) is 0 Å². The molecule has 134 valence electrons. The molecule has 0 unspecified atom stereocenters. The van der Waals surface area contributed by atoms with Crippen LogP contribution in [0.5, 0.6) is 0 Å². The summed E-state index contributed by atoms with van der Waals surface area (Å²) in [6.45, 7) is 10.7. The highest BCUT2D eigenvalue weighted by Crippen LogP contribution is 2.21. The molecule has 0 saturated carbocycles. The predicted octanol–water partition coefficient (Wildman–Crippen LogP) is 3.30. The zero-order valence-electron chi connectivity index (χ0n) is 15.4. The molecule has 25 heavy (non-hydrogen) atoms. The Morgan fingerprint density at radius 2 is 1.80 bits per heavy atom. The Morgan fingerprint density at radius 1 is 1.16 bits per heavy atom. The van der Waals surface area contributed by atoms with Crippen molar-refractivity contribution >= 4 is 11.8 Å². The molecule has 0 aliphatic heterocycles. The summed E-state index contributed by atoms with van der Waals surface area (Å²) in [4.78, 5) is 36.0. The van der Waals surface area contributed by atoms with E-state index in [9.17, 15) is 14.4 Å². The second kappa shape index (κ2) is 7.09. The van der Waals surface area contributed by atoms with E-state index in [-0.39, 0.29) is 29.8 Å². The lowest BCUT2D eigenvalue weighted by Gasteiger charge is -2.13. The molecule has 0 N–H and O–H groups in total. The van der Waals surface area contributed by atoms with Gasteiger partial charge in [-0.1, -0.05) is 0 Å². The van der Waals surface area contributed by atoms with E-state index in [0.717, 1.165) is 11.4 Å². The minimum absolute atomic E-state index is 0.181. The number of hydrogen-bond donors (Lipinski definition) is 0. The van der Waals surface area contributed by atoms with E-state index in [1.807, 2.05) is 33.8 Å². The normalized spacial score (nSPS) is 11.0. The van der Waals surface area contributed by atoms with Crippen molar-refractivity contribution in [3.05, 3.63) is 56.4 Å². The van der Waals surface area contributed by atoms with Crippen LogP contribution in [-0.4, -0.2) is 22.9 Å². The molecule has 0 bridgehead atoms. The number of aromatic nitrogens is 1. The first-order valence-corrected chi connectivity index (χ1v) is 8.13. The van der Waals surface area contributed by atoms with E-state index in [2.05, 4.69) is 4.57 Å². The van der Waals surface area contributed by atoms with Crippen LogP contribution in [0.2, 0.25) is 0 Å². The Kier molecular flexibility index (Phi) is 5.30. The van der Waals surface area contributed by atoms with Crippen molar-refractivity contribution in [1.82, 2.24) is 4.57 Å². The predicted molar refractivity (Wildman–Crippen MR) is 93.4 cm³/mol. The fourth-order valence-electron chi connectivity index (χ4n) is 3.20. The third-order valence-electron chi connectivity index (χ3n) is 4.17. The molecule has 6 heteroatoms. The molecule has 0 aliphatic rings. The first kappa shape index (κ1) is 18.7. The molecule has 0 fully saturated rings.